The molecule has 108 valence electrons. The molecule has 0 saturated heterocycles. The average molecular weight is 302 g/mol. The Hall–Kier alpha value is -2.04. The van der Waals surface area contributed by atoms with Crippen molar-refractivity contribution in [1.82, 2.24) is 9.88 Å². The normalized spacial score (nSPS) is 11.4. The monoisotopic (exact) mass is 301 g/mol. The molecule has 1 aromatic heterocycles. The number of nitrogens with zero attached hydrogens (tertiary/aromatic N) is 2. The van der Waals surface area contributed by atoms with E-state index in [9.17, 15) is 0 Å². The van der Waals surface area contributed by atoms with Gasteiger partial charge in [0, 0.05) is 17.3 Å². The predicted molar refractivity (Wildman–Crippen MR) is 85.0 cm³/mol. The molecule has 0 fully saturated rings. The fraction of sp³-hybridized carbons (Fsp3) is 0.188. The van der Waals surface area contributed by atoms with Crippen LogP contribution in [-0.2, 0) is 13.1 Å². The molecule has 0 saturated carbocycles. The molecule has 0 aliphatic heterocycles. The van der Waals surface area contributed by atoms with Crippen molar-refractivity contribution in [2.75, 3.05) is 12.8 Å². The average Bonchev–Trinajstić information content (AvgIpc) is 2.82. The minimum Gasteiger partial charge on any atom is -0.439 e. The van der Waals surface area contributed by atoms with Crippen LogP contribution < -0.4 is 5.73 Å². The highest BCUT2D eigenvalue weighted by Gasteiger charge is 2.10. The first-order chi connectivity index (χ1) is 10.1. The molecule has 0 atom stereocenters. The van der Waals surface area contributed by atoms with Gasteiger partial charge >= 0.3 is 0 Å². The fourth-order valence-corrected chi connectivity index (χ4v) is 2.46. The molecule has 0 spiro atoms. The summed E-state index contributed by atoms with van der Waals surface area (Å²) in [6.45, 7) is 1.35. The smallest absolute Gasteiger partial charge is 0.209 e. The van der Waals surface area contributed by atoms with E-state index in [1.54, 1.807) is 0 Å². The quantitative estimate of drug-likeness (QED) is 0.747. The number of halogens is 1. The Labute approximate surface area is 128 Å². The fourth-order valence-electron chi connectivity index (χ4n) is 2.26. The third-order valence-corrected chi connectivity index (χ3v) is 3.63. The zero-order chi connectivity index (χ0) is 14.8. The van der Waals surface area contributed by atoms with Gasteiger partial charge in [0.25, 0.3) is 0 Å². The number of anilines is 1. The Morgan fingerprint density at radius 1 is 1.19 bits per heavy atom. The second-order valence-electron chi connectivity index (χ2n) is 5.10. The van der Waals surface area contributed by atoms with Crippen molar-refractivity contribution in [3.05, 3.63) is 58.9 Å². The minimum atomic E-state index is 0.611. The molecule has 0 aliphatic carbocycles. The molecule has 21 heavy (non-hydrogen) atoms. The van der Waals surface area contributed by atoms with E-state index in [-0.39, 0.29) is 0 Å². The summed E-state index contributed by atoms with van der Waals surface area (Å²) in [6, 6.07) is 13.3. The summed E-state index contributed by atoms with van der Waals surface area (Å²) >= 11 is 6.17. The summed E-state index contributed by atoms with van der Waals surface area (Å²) in [7, 11) is 2.01. The van der Waals surface area contributed by atoms with Gasteiger partial charge in [-0.3, -0.25) is 4.90 Å². The maximum atomic E-state index is 6.17. The summed E-state index contributed by atoms with van der Waals surface area (Å²) in [6.07, 6.45) is 0. The van der Waals surface area contributed by atoms with E-state index in [2.05, 4.69) is 9.88 Å². The van der Waals surface area contributed by atoms with E-state index in [4.69, 9.17) is 21.8 Å². The summed E-state index contributed by atoms with van der Waals surface area (Å²) in [4.78, 5) is 6.56. The molecule has 2 aromatic carbocycles. The van der Waals surface area contributed by atoms with Crippen LogP contribution in [0.15, 0.2) is 46.9 Å². The number of fused-ring (bicyclic) bond motifs is 1. The molecule has 0 radical (unpaired) electrons. The topological polar surface area (TPSA) is 55.3 Å². The van der Waals surface area contributed by atoms with Crippen LogP contribution in [0.1, 0.15) is 11.5 Å². The van der Waals surface area contributed by atoms with E-state index in [0.717, 1.165) is 28.2 Å². The van der Waals surface area contributed by atoms with Crippen molar-refractivity contribution in [1.29, 1.82) is 0 Å². The van der Waals surface area contributed by atoms with Gasteiger partial charge in [-0.25, -0.2) is 4.98 Å². The molecule has 2 N–H and O–H groups in total. The van der Waals surface area contributed by atoms with Crippen LogP contribution in [0.4, 0.5) is 5.69 Å². The van der Waals surface area contributed by atoms with Crippen molar-refractivity contribution in [2.24, 2.45) is 0 Å². The lowest BCUT2D eigenvalue weighted by molar-refractivity contribution is 0.285. The molecule has 0 bridgehead atoms. The van der Waals surface area contributed by atoms with Crippen LogP contribution in [0.3, 0.4) is 0 Å². The van der Waals surface area contributed by atoms with Gasteiger partial charge < -0.3 is 10.2 Å². The lowest BCUT2D eigenvalue weighted by Gasteiger charge is -2.15. The lowest BCUT2D eigenvalue weighted by atomic mass is 10.2. The molecule has 1 heterocycles. The van der Waals surface area contributed by atoms with Crippen LogP contribution in [0, 0.1) is 0 Å². The van der Waals surface area contributed by atoms with Gasteiger partial charge in [0.1, 0.15) is 5.52 Å². The second-order valence-corrected chi connectivity index (χ2v) is 5.51. The SMILES string of the molecule is CN(Cc1nc2cc(N)ccc2o1)Cc1ccccc1Cl. The zero-order valence-electron chi connectivity index (χ0n) is 11.7. The van der Waals surface area contributed by atoms with Crippen molar-refractivity contribution >= 4 is 28.4 Å². The first-order valence-corrected chi connectivity index (χ1v) is 7.06. The summed E-state index contributed by atoms with van der Waals surface area (Å²) in [5.41, 5.74) is 9.06. The highest BCUT2D eigenvalue weighted by Crippen LogP contribution is 2.20. The Kier molecular flexibility index (Phi) is 3.82. The number of nitrogens with two attached hydrogens (primary N) is 1. The van der Waals surface area contributed by atoms with Gasteiger partial charge in [-0.05, 0) is 36.9 Å². The zero-order valence-corrected chi connectivity index (χ0v) is 12.5. The number of nitrogen functional groups attached to an aromatic ring is 1. The van der Waals surface area contributed by atoms with E-state index < -0.39 is 0 Å². The lowest BCUT2D eigenvalue weighted by Crippen LogP contribution is -2.17. The van der Waals surface area contributed by atoms with Gasteiger partial charge in [0.2, 0.25) is 5.89 Å². The van der Waals surface area contributed by atoms with Crippen LogP contribution in [0.5, 0.6) is 0 Å². The first kappa shape index (κ1) is 13.9. The van der Waals surface area contributed by atoms with Gasteiger partial charge in [-0.1, -0.05) is 29.8 Å². The maximum Gasteiger partial charge on any atom is 0.209 e. The van der Waals surface area contributed by atoms with Gasteiger partial charge in [-0.15, -0.1) is 0 Å². The molecule has 0 aliphatic rings. The van der Waals surface area contributed by atoms with Crippen LogP contribution in [-0.4, -0.2) is 16.9 Å². The summed E-state index contributed by atoms with van der Waals surface area (Å²) in [5.74, 6) is 0.671. The summed E-state index contributed by atoms with van der Waals surface area (Å²) in [5, 5.41) is 0.773. The van der Waals surface area contributed by atoms with Crippen molar-refractivity contribution < 1.29 is 4.42 Å². The first-order valence-electron chi connectivity index (χ1n) is 6.69. The number of benzene rings is 2. The number of oxazole rings is 1. The predicted octanol–water partition coefficient (Wildman–Crippen LogP) is 3.70. The molecular weight excluding hydrogens is 286 g/mol. The highest BCUT2D eigenvalue weighted by molar-refractivity contribution is 6.31. The molecule has 4 nitrogen and oxygen atoms in total. The number of aromatic nitrogens is 1. The summed E-state index contributed by atoms with van der Waals surface area (Å²) < 4.78 is 5.72. The minimum absolute atomic E-state index is 0.611. The van der Waals surface area contributed by atoms with Gasteiger partial charge in [0.15, 0.2) is 5.58 Å². The van der Waals surface area contributed by atoms with E-state index in [1.165, 1.54) is 0 Å². The van der Waals surface area contributed by atoms with E-state index >= 15 is 0 Å². The third-order valence-electron chi connectivity index (χ3n) is 3.26. The van der Waals surface area contributed by atoms with Crippen LogP contribution >= 0.6 is 11.6 Å². The Morgan fingerprint density at radius 2 is 2.00 bits per heavy atom. The Balaban J connectivity index is 1.74. The number of hydrogen-bond acceptors (Lipinski definition) is 4. The Morgan fingerprint density at radius 3 is 2.81 bits per heavy atom. The van der Waals surface area contributed by atoms with E-state index in [1.807, 2.05) is 49.5 Å². The molecule has 0 unspecified atom stereocenters. The molecule has 0 amide bonds. The molecule has 3 rings (SSSR count). The van der Waals surface area contributed by atoms with E-state index in [0.29, 0.717) is 18.1 Å². The van der Waals surface area contributed by atoms with Crippen LogP contribution in [0.2, 0.25) is 5.02 Å². The third kappa shape index (κ3) is 3.17. The van der Waals surface area contributed by atoms with Gasteiger partial charge in [-0.2, -0.15) is 0 Å². The molecule has 5 heteroatoms. The van der Waals surface area contributed by atoms with Crippen molar-refractivity contribution in [3.8, 4) is 0 Å². The second kappa shape index (κ2) is 5.76. The standard InChI is InChI=1S/C16H16ClN3O/c1-20(9-11-4-2-3-5-13(11)17)10-16-19-14-8-12(18)6-7-15(14)21-16/h2-8H,9-10,18H2,1H3. The largest absolute Gasteiger partial charge is 0.439 e. The number of rotatable bonds is 4. The van der Waals surface area contributed by atoms with Crippen LogP contribution in [0.25, 0.3) is 11.1 Å². The molecular formula is C16H16ClN3O. The maximum absolute atomic E-state index is 6.17. The Bertz CT molecular complexity index is 769. The van der Waals surface area contributed by atoms with Crippen molar-refractivity contribution in [2.45, 2.75) is 13.1 Å². The van der Waals surface area contributed by atoms with Crippen molar-refractivity contribution in [3.63, 3.8) is 0 Å². The highest BCUT2D eigenvalue weighted by atomic mass is 35.5. The number of hydrogen-bond donors (Lipinski definition) is 1. The molecule has 3 aromatic rings. The van der Waals surface area contributed by atoms with Gasteiger partial charge in [0.05, 0.1) is 6.54 Å².